The fourth-order valence-electron chi connectivity index (χ4n) is 3.59. The van der Waals surface area contributed by atoms with Gasteiger partial charge in [-0.2, -0.15) is 0 Å². The molecule has 0 aromatic heterocycles. The summed E-state index contributed by atoms with van der Waals surface area (Å²) in [5.41, 5.74) is 1.13. The molecule has 0 saturated heterocycles. The number of thiocarbonyl (C=S) groups is 1. The first kappa shape index (κ1) is 28.9. The van der Waals surface area contributed by atoms with Crippen LogP contribution in [0.3, 0.4) is 0 Å². The molecule has 0 spiro atoms. The van der Waals surface area contributed by atoms with E-state index in [4.69, 9.17) is 17.0 Å². The van der Waals surface area contributed by atoms with Crippen LogP contribution >= 0.6 is 28.1 Å². The highest BCUT2D eigenvalue weighted by Crippen LogP contribution is 2.25. The van der Waals surface area contributed by atoms with Gasteiger partial charge in [0.2, 0.25) is 0 Å². The monoisotopic (exact) mass is 526 g/mol. The van der Waals surface area contributed by atoms with Crippen molar-refractivity contribution in [3.05, 3.63) is 28.2 Å². The molecule has 0 aliphatic rings. The average Bonchev–Trinajstić information content (AvgIpc) is 2.75. The van der Waals surface area contributed by atoms with Crippen LogP contribution in [-0.2, 0) is 4.79 Å². The van der Waals surface area contributed by atoms with Crippen LogP contribution in [-0.4, -0.2) is 24.2 Å². The lowest BCUT2D eigenvalue weighted by Gasteiger charge is -2.11. The zero-order valence-electron chi connectivity index (χ0n) is 20.1. The number of hydrogen-bond donors (Lipinski definition) is 2. The summed E-state index contributed by atoms with van der Waals surface area (Å²) < 4.78 is 6.38. The molecule has 32 heavy (non-hydrogen) atoms. The third-order valence-electron chi connectivity index (χ3n) is 5.51. The van der Waals surface area contributed by atoms with Gasteiger partial charge in [0, 0.05) is 6.54 Å². The molecule has 4 nitrogen and oxygen atoms in total. The predicted octanol–water partition coefficient (Wildman–Crippen LogP) is 7.61. The highest BCUT2D eigenvalue weighted by Gasteiger charge is 2.07. The van der Waals surface area contributed by atoms with Crippen molar-refractivity contribution in [1.29, 1.82) is 0 Å². The maximum Gasteiger partial charge on any atom is 0.264 e. The molecule has 0 aliphatic carbocycles. The van der Waals surface area contributed by atoms with Gasteiger partial charge in [-0.1, -0.05) is 96.5 Å². The van der Waals surface area contributed by atoms with Crippen molar-refractivity contribution in [3.63, 3.8) is 0 Å². The number of nitrogens with one attached hydrogen (secondary N) is 2. The molecule has 182 valence electrons. The zero-order chi connectivity index (χ0) is 23.4. The van der Waals surface area contributed by atoms with Crippen LogP contribution in [0.15, 0.2) is 22.7 Å². The van der Waals surface area contributed by atoms with E-state index in [0.717, 1.165) is 23.0 Å². The third-order valence-corrected chi connectivity index (χ3v) is 6.38. The average molecular weight is 528 g/mol. The van der Waals surface area contributed by atoms with E-state index in [1.165, 1.54) is 83.5 Å². The van der Waals surface area contributed by atoms with Crippen LogP contribution in [0.5, 0.6) is 5.75 Å². The van der Waals surface area contributed by atoms with Gasteiger partial charge in [-0.15, -0.1) is 0 Å². The van der Waals surface area contributed by atoms with Crippen molar-refractivity contribution in [3.8, 4) is 5.75 Å². The molecule has 0 saturated carbocycles. The van der Waals surface area contributed by atoms with Crippen molar-refractivity contribution >= 4 is 39.2 Å². The highest BCUT2D eigenvalue weighted by molar-refractivity contribution is 9.10. The number of aryl methyl sites for hydroxylation is 1. The van der Waals surface area contributed by atoms with Crippen molar-refractivity contribution in [2.24, 2.45) is 0 Å². The molecule has 1 rings (SSSR count). The summed E-state index contributed by atoms with van der Waals surface area (Å²) >= 11 is 8.64. The minimum atomic E-state index is -0.254. The SMILES string of the molecule is CCCCCCCCCCCCCCCCNC(=S)NC(=O)COc1ccc(C)cc1Br. The highest BCUT2D eigenvalue weighted by atomic mass is 79.9. The summed E-state index contributed by atoms with van der Waals surface area (Å²) in [5, 5.41) is 6.15. The Morgan fingerprint density at radius 1 is 0.906 bits per heavy atom. The Morgan fingerprint density at radius 2 is 1.44 bits per heavy atom. The largest absolute Gasteiger partial charge is 0.483 e. The molecule has 1 amide bonds. The molecular weight excluding hydrogens is 484 g/mol. The maximum atomic E-state index is 12.0. The van der Waals surface area contributed by atoms with Crippen molar-refractivity contribution in [2.45, 2.75) is 104 Å². The van der Waals surface area contributed by atoms with Gasteiger partial charge in [-0.3, -0.25) is 4.79 Å². The van der Waals surface area contributed by atoms with E-state index >= 15 is 0 Å². The van der Waals surface area contributed by atoms with Crippen LogP contribution < -0.4 is 15.4 Å². The number of carbonyl (C=O) groups excluding carboxylic acids is 1. The topological polar surface area (TPSA) is 50.4 Å². The van der Waals surface area contributed by atoms with Gasteiger partial charge in [0.05, 0.1) is 4.47 Å². The molecule has 0 fully saturated rings. The lowest BCUT2D eigenvalue weighted by molar-refractivity contribution is -0.121. The number of rotatable bonds is 18. The van der Waals surface area contributed by atoms with Gasteiger partial charge in [-0.05, 0) is 59.2 Å². The van der Waals surface area contributed by atoms with Crippen molar-refractivity contribution < 1.29 is 9.53 Å². The number of amides is 1. The van der Waals surface area contributed by atoms with Crippen LogP contribution in [0, 0.1) is 6.92 Å². The molecule has 6 heteroatoms. The second-order valence-electron chi connectivity index (χ2n) is 8.62. The molecule has 1 aromatic carbocycles. The molecule has 0 atom stereocenters. The third kappa shape index (κ3) is 15.6. The van der Waals surface area contributed by atoms with Crippen LogP contribution in [0.2, 0.25) is 0 Å². The molecule has 0 aliphatic heterocycles. The zero-order valence-corrected chi connectivity index (χ0v) is 22.6. The normalized spacial score (nSPS) is 10.7. The van der Waals surface area contributed by atoms with E-state index in [1.54, 1.807) is 0 Å². The number of hydrogen-bond acceptors (Lipinski definition) is 3. The van der Waals surface area contributed by atoms with E-state index in [-0.39, 0.29) is 12.5 Å². The smallest absolute Gasteiger partial charge is 0.264 e. The molecule has 0 heterocycles. The summed E-state index contributed by atoms with van der Waals surface area (Å²) in [6.45, 7) is 5.00. The van der Waals surface area contributed by atoms with Gasteiger partial charge in [0.25, 0.3) is 5.91 Å². The second-order valence-corrected chi connectivity index (χ2v) is 9.89. The Morgan fingerprint density at radius 3 is 1.97 bits per heavy atom. The molecular formula is C26H43BrN2O2S. The fraction of sp³-hybridized carbons (Fsp3) is 0.692. The number of halogens is 1. The summed E-state index contributed by atoms with van der Waals surface area (Å²) in [4.78, 5) is 12.0. The maximum absolute atomic E-state index is 12.0. The summed E-state index contributed by atoms with van der Waals surface area (Å²) in [6.07, 6.45) is 18.8. The first-order valence-corrected chi connectivity index (χ1v) is 13.7. The molecule has 2 N–H and O–H groups in total. The molecule has 0 unspecified atom stereocenters. The van der Waals surface area contributed by atoms with E-state index in [0.29, 0.717) is 10.9 Å². The van der Waals surface area contributed by atoms with Crippen molar-refractivity contribution in [2.75, 3.05) is 13.2 Å². The first-order valence-electron chi connectivity index (χ1n) is 12.5. The minimum absolute atomic E-state index is 0.0671. The van der Waals surface area contributed by atoms with E-state index in [2.05, 4.69) is 33.5 Å². The fourth-order valence-corrected chi connectivity index (χ4v) is 4.42. The van der Waals surface area contributed by atoms with Gasteiger partial charge in [0.15, 0.2) is 11.7 Å². The first-order chi connectivity index (χ1) is 15.5. The minimum Gasteiger partial charge on any atom is -0.483 e. The van der Waals surface area contributed by atoms with Crippen LogP contribution in [0.1, 0.15) is 102 Å². The van der Waals surface area contributed by atoms with E-state index in [1.807, 2.05) is 25.1 Å². The van der Waals surface area contributed by atoms with E-state index in [9.17, 15) is 4.79 Å². The lowest BCUT2D eigenvalue weighted by atomic mass is 10.0. The summed E-state index contributed by atoms with van der Waals surface area (Å²) in [5.74, 6) is 0.392. The Labute approximate surface area is 209 Å². The standard InChI is InChI=1S/C26H43BrN2O2S/c1-3-4-5-6-7-8-9-10-11-12-13-14-15-16-19-28-26(32)29-25(30)21-31-24-18-17-22(2)20-23(24)27/h17-18,20H,3-16,19,21H2,1-2H3,(H2,28,29,30,32). The number of unbranched alkanes of at least 4 members (excludes halogenated alkanes) is 13. The number of benzene rings is 1. The van der Waals surface area contributed by atoms with Crippen molar-refractivity contribution in [1.82, 2.24) is 10.6 Å². The van der Waals surface area contributed by atoms with Gasteiger partial charge < -0.3 is 15.4 Å². The van der Waals surface area contributed by atoms with Gasteiger partial charge in [0.1, 0.15) is 5.75 Å². The predicted molar refractivity (Wildman–Crippen MR) is 143 cm³/mol. The Hall–Kier alpha value is -1.14. The number of carbonyl (C=O) groups is 1. The quantitative estimate of drug-likeness (QED) is 0.152. The molecule has 0 bridgehead atoms. The summed E-state index contributed by atoms with van der Waals surface area (Å²) in [7, 11) is 0. The van der Waals surface area contributed by atoms with Crippen LogP contribution in [0.4, 0.5) is 0 Å². The van der Waals surface area contributed by atoms with Gasteiger partial charge >= 0.3 is 0 Å². The van der Waals surface area contributed by atoms with E-state index < -0.39 is 0 Å². The second kappa shape index (κ2) is 19.3. The Bertz CT molecular complexity index is 655. The Kier molecular flexibility index (Phi) is 17.5. The van der Waals surface area contributed by atoms with Crippen LogP contribution in [0.25, 0.3) is 0 Å². The molecule has 0 radical (unpaired) electrons. The number of ether oxygens (including phenoxy) is 1. The molecule has 1 aromatic rings. The lowest BCUT2D eigenvalue weighted by Crippen LogP contribution is -2.41. The van der Waals surface area contributed by atoms with Gasteiger partial charge in [-0.25, -0.2) is 0 Å². The Balaban J connectivity index is 1.90. The summed E-state index contributed by atoms with van der Waals surface area (Å²) in [6, 6.07) is 5.75.